The largest absolute Gasteiger partial charge is 0.388 e. The van der Waals surface area contributed by atoms with Crippen molar-refractivity contribution in [3.05, 3.63) is 35.4 Å². The van der Waals surface area contributed by atoms with Crippen molar-refractivity contribution in [2.75, 3.05) is 39.4 Å². The number of carbonyl (C=O) groups excluding carboxylic acids is 1. The van der Waals surface area contributed by atoms with Crippen molar-refractivity contribution in [1.29, 1.82) is 0 Å². The fourth-order valence-electron chi connectivity index (χ4n) is 3.07. The van der Waals surface area contributed by atoms with E-state index in [9.17, 15) is 9.90 Å². The highest BCUT2D eigenvalue weighted by Crippen LogP contribution is 2.22. The van der Waals surface area contributed by atoms with Gasteiger partial charge in [-0.1, -0.05) is 12.1 Å². The second-order valence-electron chi connectivity index (χ2n) is 6.56. The lowest BCUT2D eigenvalue weighted by atomic mass is 10.1. The lowest BCUT2D eigenvalue weighted by Crippen LogP contribution is -2.35. The molecule has 22 heavy (non-hydrogen) atoms. The molecule has 1 unspecified atom stereocenters. The second kappa shape index (κ2) is 6.36. The van der Waals surface area contributed by atoms with E-state index in [4.69, 9.17) is 4.74 Å². The summed E-state index contributed by atoms with van der Waals surface area (Å²) in [7, 11) is 0. The van der Waals surface area contributed by atoms with E-state index >= 15 is 0 Å². The van der Waals surface area contributed by atoms with Crippen LogP contribution in [-0.2, 0) is 11.3 Å². The number of β-amino-alcohol motifs (C(OH)–C–C–N with tert-alkyl or cyclic N) is 1. The van der Waals surface area contributed by atoms with E-state index in [2.05, 4.69) is 4.90 Å². The molecule has 2 aliphatic rings. The molecule has 5 heteroatoms. The van der Waals surface area contributed by atoms with Crippen LogP contribution in [-0.4, -0.2) is 65.8 Å². The van der Waals surface area contributed by atoms with Crippen LogP contribution in [0.3, 0.4) is 0 Å². The van der Waals surface area contributed by atoms with Crippen LogP contribution in [0.25, 0.3) is 0 Å². The molecule has 1 N–H and O–H groups in total. The van der Waals surface area contributed by atoms with E-state index in [1.165, 1.54) is 5.56 Å². The van der Waals surface area contributed by atoms with Crippen molar-refractivity contribution in [2.24, 2.45) is 0 Å². The number of morpholine rings is 1. The van der Waals surface area contributed by atoms with Gasteiger partial charge in [-0.2, -0.15) is 0 Å². The van der Waals surface area contributed by atoms with Crippen LogP contribution in [0.15, 0.2) is 24.3 Å². The molecule has 0 saturated carbocycles. The molecule has 3 rings (SSSR count). The number of ether oxygens (including phenoxy) is 1. The molecule has 2 fully saturated rings. The molecule has 0 spiro atoms. The molecule has 1 atom stereocenters. The summed E-state index contributed by atoms with van der Waals surface area (Å²) < 4.78 is 5.35. The van der Waals surface area contributed by atoms with Gasteiger partial charge in [0, 0.05) is 38.3 Å². The fraction of sp³-hybridized carbons (Fsp3) is 0.588. The SMILES string of the molecule is CC1(O)CCN(C(=O)c2ccc(CN3CCOCC3)cc2)C1. The summed E-state index contributed by atoms with van der Waals surface area (Å²) in [5.74, 6) is 0.00991. The van der Waals surface area contributed by atoms with Crippen molar-refractivity contribution in [3.8, 4) is 0 Å². The second-order valence-corrected chi connectivity index (χ2v) is 6.56. The average Bonchev–Trinajstić information content (AvgIpc) is 2.88. The third kappa shape index (κ3) is 3.66. The van der Waals surface area contributed by atoms with Gasteiger partial charge in [-0.3, -0.25) is 9.69 Å². The molecular weight excluding hydrogens is 280 g/mol. The number of nitrogens with zero attached hydrogens (tertiary/aromatic N) is 2. The fourth-order valence-corrected chi connectivity index (χ4v) is 3.07. The van der Waals surface area contributed by atoms with Gasteiger partial charge < -0.3 is 14.7 Å². The number of hydrogen-bond acceptors (Lipinski definition) is 4. The Morgan fingerprint density at radius 2 is 1.91 bits per heavy atom. The standard InChI is InChI=1S/C17H24N2O3/c1-17(21)6-7-19(13-17)16(20)15-4-2-14(3-5-15)12-18-8-10-22-11-9-18/h2-5,21H,6-13H2,1H3. The van der Waals surface area contributed by atoms with Gasteiger partial charge in [0.1, 0.15) is 0 Å². The smallest absolute Gasteiger partial charge is 0.253 e. The Balaban J connectivity index is 1.60. The van der Waals surface area contributed by atoms with Crippen molar-refractivity contribution in [1.82, 2.24) is 9.80 Å². The first-order chi connectivity index (χ1) is 10.5. The molecule has 0 radical (unpaired) electrons. The predicted octanol–water partition coefficient (Wildman–Crippen LogP) is 1.12. The zero-order chi connectivity index (χ0) is 15.6. The normalized spacial score (nSPS) is 26.4. The van der Waals surface area contributed by atoms with Gasteiger partial charge in [0.15, 0.2) is 0 Å². The van der Waals surface area contributed by atoms with Crippen LogP contribution in [0.4, 0.5) is 0 Å². The van der Waals surface area contributed by atoms with E-state index in [1.807, 2.05) is 24.3 Å². The molecule has 2 heterocycles. The van der Waals surface area contributed by atoms with E-state index in [0.29, 0.717) is 25.1 Å². The number of aliphatic hydroxyl groups is 1. The minimum absolute atomic E-state index is 0.00991. The van der Waals surface area contributed by atoms with Crippen molar-refractivity contribution in [2.45, 2.75) is 25.5 Å². The molecule has 1 aromatic carbocycles. The summed E-state index contributed by atoms with van der Waals surface area (Å²) in [6, 6.07) is 7.84. The van der Waals surface area contributed by atoms with Crippen LogP contribution in [0, 0.1) is 0 Å². The molecule has 1 amide bonds. The van der Waals surface area contributed by atoms with Gasteiger partial charge in [-0.05, 0) is 31.0 Å². The van der Waals surface area contributed by atoms with Crippen LogP contribution >= 0.6 is 0 Å². The summed E-state index contributed by atoms with van der Waals surface area (Å²) in [6.07, 6.45) is 0.647. The Bertz CT molecular complexity index is 521. The molecule has 2 aliphatic heterocycles. The number of rotatable bonds is 3. The zero-order valence-electron chi connectivity index (χ0n) is 13.1. The van der Waals surface area contributed by atoms with E-state index in [1.54, 1.807) is 11.8 Å². The van der Waals surface area contributed by atoms with Gasteiger partial charge in [-0.15, -0.1) is 0 Å². The van der Waals surface area contributed by atoms with E-state index in [0.717, 1.165) is 32.8 Å². The number of benzene rings is 1. The Hall–Kier alpha value is -1.43. The Labute approximate surface area is 131 Å². The number of likely N-dealkylation sites (tertiary alicyclic amines) is 1. The van der Waals surface area contributed by atoms with Crippen LogP contribution in [0.1, 0.15) is 29.3 Å². The maximum atomic E-state index is 12.4. The topological polar surface area (TPSA) is 53.0 Å². The predicted molar refractivity (Wildman–Crippen MR) is 83.7 cm³/mol. The maximum Gasteiger partial charge on any atom is 0.253 e. The van der Waals surface area contributed by atoms with Crippen LogP contribution in [0.2, 0.25) is 0 Å². The molecule has 120 valence electrons. The first-order valence-corrected chi connectivity index (χ1v) is 7.94. The highest BCUT2D eigenvalue weighted by Gasteiger charge is 2.34. The van der Waals surface area contributed by atoms with Crippen molar-refractivity contribution in [3.63, 3.8) is 0 Å². The maximum absolute atomic E-state index is 12.4. The molecule has 0 aliphatic carbocycles. The van der Waals surface area contributed by atoms with Crippen LogP contribution < -0.4 is 0 Å². The van der Waals surface area contributed by atoms with Gasteiger partial charge in [0.25, 0.3) is 5.91 Å². The number of amides is 1. The van der Waals surface area contributed by atoms with Crippen LogP contribution in [0.5, 0.6) is 0 Å². The highest BCUT2D eigenvalue weighted by molar-refractivity contribution is 5.94. The Kier molecular flexibility index (Phi) is 4.47. The zero-order valence-corrected chi connectivity index (χ0v) is 13.1. The van der Waals surface area contributed by atoms with Gasteiger partial charge in [0.05, 0.1) is 18.8 Å². The molecular formula is C17H24N2O3. The van der Waals surface area contributed by atoms with Gasteiger partial charge >= 0.3 is 0 Å². The Morgan fingerprint density at radius 1 is 1.23 bits per heavy atom. The third-order valence-electron chi connectivity index (χ3n) is 4.45. The third-order valence-corrected chi connectivity index (χ3v) is 4.45. The molecule has 1 aromatic rings. The summed E-state index contributed by atoms with van der Waals surface area (Å²) in [5, 5.41) is 9.98. The van der Waals surface area contributed by atoms with Gasteiger partial charge in [-0.25, -0.2) is 0 Å². The number of hydrogen-bond donors (Lipinski definition) is 1. The Morgan fingerprint density at radius 3 is 2.50 bits per heavy atom. The minimum Gasteiger partial charge on any atom is -0.388 e. The van der Waals surface area contributed by atoms with Crippen molar-refractivity contribution < 1.29 is 14.6 Å². The number of carbonyl (C=O) groups is 1. The average molecular weight is 304 g/mol. The lowest BCUT2D eigenvalue weighted by Gasteiger charge is -2.26. The van der Waals surface area contributed by atoms with Gasteiger partial charge in [0.2, 0.25) is 0 Å². The monoisotopic (exact) mass is 304 g/mol. The molecule has 2 saturated heterocycles. The minimum atomic E-state index is -0.744. The van der Waals surface area contributed by atoms with Crippen molar-refractivity contribution >= 4 is 5.91 Å². The quantitative estimate of drug-likeness (QED) is 0.909. The summed E-state index contributed by atoms with van der Waals surface area (Å²) in [4.78, 5) is 16.5. The van der Waals surface area contributed by atoms with E-state index in [-0.39, 0.29) is 5.91 Å². The summed E-state index contributed by atoms with van der Waals surface area (Å²) >= 11 is 0. The molecule has 5 nitrogen and oxygen atoms in total. The first kappa shape index (κ1) is 15.5. The highest BCUT2D eigenvalue weighted by atomic mass is 16.5. The lowest BCUT2D eigenvalue weighted by molar-refractivity contribution is 0.0342. The summed E-state index contributed by atoms with van der Waals surface area (Å²) in [6.45, 7) is 7.24. The first-order valence-electron chi connectivity index (χ1n) is 7.94. The summed E-state index contributed by atoms with van der Waals surface area (Å²) in [5.41, 5.74) is 1.17. The molecule has 0 aromatic heterocycles. The molecule has 0 bridgehead atoms. The van der Waals surface area contributed by atoms with E-state index < -0.39 is 5.60 Å².